The Kier molecular flexibility index (Phi) is 10.1. The molecular formula is C11H27NO. The van der Waals surface area contributed by atoms with Crippen molar-refractivity contribution < 1.29 is 5.11 Å². The van der Waals surface area contributed by atoms with E-state index in [2.05, 4.69) is 39.5 Å². The van der Waals surface area contributed by atoms with Crippen LogP contribution >= 0.6 is 0 Å². The molecule has 0 rings (SSSR count). The summed E-state index contributed by atoms with van der Waals surface area (Å²) in [5.41, 5.74) is 0. The summed E-state index contributed by atoms with van der Waals surface area (Å²) in [7, 11) is 0. The number of aliphatic hydroxyl groups excluding tert-OH is 1. The van der Waals surface area contributed by atoms with Gasteiger partial charge in [0.2, 0.25) is 0 Å². The molecule has 0 unspecified atom stereocenters. The molecule has 0 amide bonds. The van der Waals surface area contributed by atoms with Gasteiger partial charge in [0.05, 0.1) is 0 Å². The summed E-state index contributed by atoms with van der Waals surface area (Å²) in [5, 5.41) is 8.06. The summed E-state index contributed by atoms with van der Waals surface area (Å²) in [6.07, 6.45) is -0.167. The quantitative estimate of drug-likeness (QED) is 0.737. The summed E-state index contributed by atoms with van der Waals surface area (Å²) < 4.78 is 0. The first-order chi connectivity index (χ1) is 5.82. The highest BCUT2D eigenvalue weighted by Crippen LogP contribution is 2.02. The van der Waals surface area contributed by atoms with Crippen LogP contribution in [0.15, 0.2) is 0 Å². The Hall–Kier alpha value is -0.0800. The maximum absolute atomic E-state index is 8.06. The molecule has 0 saturated carbocycles. The molecule has 0 aliphatic heterocycles. The fourth-order valence-corrected chi connectivity index (χ4v) is 1.33. The Morgan fingerprint density at radius 3 is 1.15 bits per heavy atom. The molecule has 0 aliphatic rings. The van der Waals surface area contributed by atoms with Gasteiger partial charge in [-0.25, -0.2) is 0 Å². The Morgan fingerprint density at radius 1 is 0.923 bits per heavy atom. The fourth-order valence-electron chi connectivity index (χ4n) is 1.33. The first kappa shape index (κ1) is 15.4. The zero-order chi connectivity index (χ0) is 11.0. The topological polar surface area (TPSA) is 23.5 Å². The number of hydrogen-bond acceptors (Lipinski definition) is 2. The van der Waals surface area contributed by atoms with Crippen molar-refractivity contribution in [3.05, 3.63) is 0 Å². The minimum atomic E-state index is -0.167. The summed E-state index contributed by atoms with van der Waals surface area (Å²) >= 11 is 0. The smallest absolute Gasteiger partial charge is 0.0483 e. The normalized spacial score (nSPS) is 11.1. The second-order valence-corrected chi connectivity index (χ2v) is 4.11. The van der Waals surface area contributed by atoms with Crippen LogP contribution in [0.5, 0.6) is 0 Å². The molecule has 2 heteroatoms. The number of aliphatic hydroxyl groups is 1. The van der Waals surface area contributed by atoms with Gasteiger partial charge < -0.3 is 5.11 Å². The van der Waals surface area contributed by atoms with Gasteiger partial charge in [-0.3, -0.25) is 4.90 Å². The van der Waals surface area contributed by atoms with E-state index < -0.39 is 0 Å². The fraction of sp³-hybridized carbons (Fsp3) is 1.00. The van der Waals surface area contributed by atoms with Crippen LogP contribution < -0.4 is 0 Å². The van der Waals surface area contributed by atoms with Crippen LogP contribution in [-0.4, -0.2) is 34.7 Å². The molecule has 82 valence electrons. The molecule has 0 fully saturated rings. The van der Waals surface area contributed by atoms with Crippen molar-refractivity contribution in [3.63, 3.8) is 0 Å². The highest BCUT2D eigenvalue weighted by Gasteiger charge is 2.08. The van der Waals surface area contributed by atoms with E-state index in [0.29, 0.717) is 12.1 Å². The van der Waals surface area contributed by atoms with E-state index in [1.54, 1.807) is 13.8 Å². The molecule has 0 aliphatic carbocycles. The number of hydrogen-bond donors (Lipinski definition) is 1. The first-order valence-corrected chi connectivity index (χ1v) is 5.26. The maximum Gasteiger partial charge on any atom is 0.0483 e. The third kappa shape index (κ3) is 11.9. The molecule has 0 aromatic carbocycles. The van der Waals surface area contributed by atoms with Crippen LogP contribution in [-0.2, 0) is 0 Å². The van der Waals surface area contributed by atoms with Crippen LogP contribution in [0.25, 0.3) is 0 Å². The van der Waals surface area contributed by atoms with Crippen molar-refractivity contribution in [3.8, 4) is 0 Å². The van der Waals surface area contributed by atoms with Gasteiger partial charge in [0.25, 0.3) is 0 Å². The average Bonchev–Trinajstić information content (AvgIpc) is 1.84. The zero-order valence-corrected chi connectivity index (χ0v) is 10.3. The Bertz CT molecular complexity index is 89.5. The van der Waals surface area contributed by atoms with Gasteiger partial charge in [0.15, 0.2) is 0 Å². The lowest BCUT2D eigenvalue weighted by Gasteiger charge is -2.28. The van der Waals surface area contributed by atoms with E-state index >= 15 is 0 Å². The molecule has 0 atom stereocenters. The highest BCUT2D eigenvalue weighted by molar-refractivity contribution is 4.64. The van der Waals surface area contributed by atoms with Gasteiger partial charge in [-0.1, -0.05) is 6.92 Å². The molecule has 0 aromatic rings. The molecular weight excluding hydrogens is 162 g/mol. The van der Waals surface area contributed by atoms with E-state index in [-0.39, 0.29) is 6.10 Å². The van der Waals surface area contributed by atoms with Gasteiger partial charge in [-0.15, -0.1) is 0 Å². The lowest BCUT2D eigenvalue weighted by molar-refractivity contribution is 0.185. The van der Waals surface area contributed by atoms with E-state index in [4.69, 9.17) is 5.11 Å². The minimum Gasteiger partial charge on any atom is -0.394 e. The summed E-state index contributed by atoms with van der Waals surface area (Å²) in [6, 6.07) is 1.38. The molecule has 13 heavy (non-hydrogen) atoms. The van der Waals surface area contributed by atoms with Gasteiger partial charge in [0.1, 0.15) is 0 Å². The molecule has 0 aromatic heterocycles. The third-order valence-corrected chi connectivity index (χ3v) is 1.69. The van der Waals surface area contributed by atoms with Gasteiger partial charge in [-0.2, -0.15) is 0 Å². The summed E-state index contributed by atoms with van der Waals surface area (Å²) in [5.74, 6) is 0. The van der Waals surface area contributed by atoms with E-state index in [0.717, 1.165) is 6.54 Å². The Morgan fingerprint density at radius 2 is 1.15 bits per heavy atom. The monoisotopic (exact) mass is 189 g/mol. The Labute approximate surface area is 83.9 Å². The molecule has 0 bridgehead atoms. The van der Waals surface area contributed by atoms with Gasteiger partial charge in [-0.05, 0) is 48.1 Å². The standard InChI is InChI=1S/C8H19N.C3H8O/c1-6-9(7(2)3)8(4)5;1-3(2)4/h7-8H,6H2,1-5H3;3-4H,1-2H3. The first-order valence-electron chi connectivity index (χ1n) is 5.26. The molecule has 0 spiro atoms. The van der Waals surface area contributed by atoms with Crippen molar-refractivity contribution in [1.29, 1.82) is 0 Å². The van der Waals surface area contributed by atoms with Crippen molar-refractivity contribution in [2.24, 2.45) is 0 Å². The second kappa shape index (κ2) is 8.52. The Balaban J connectivity index is 0. The highest BCUT2D eigenvalue weighted by atomic mass is 16.3. The third-order valence-electron chi connectivity index (χ3n) is 1.69. The van der Waals surface area contributed by atoms with Crippen molar-refractivity contribution in [1.82, 2.24) is 4.90 Å². The van der Waals surface area contributed by atoms with Crippen molar-refractivity contribution >= 4 is 0 Å². The van der Waals surface area contributed by atoms with Crippen molar-refractivity contribution in [2.75, 3.05) is 6.54 Å². The lowest BCUT2D eigenvalue weighted by atomic mass is 10.2. The van der Waals surface area contributed by atoms with E-state index in [1.807, 2.05) is 0 Å². The van der Waals surface area contributed by atoms with Gasteiger partial charge in [0, 0.05) is 18.2 Å². The predicted molar refractivity (Wildman–Crippen MR) is 60.0 cm³/mol. The van der Waals surface area contributed by atoms with Gasteiger partial charge >= 0.3 is 0 Å². The van der Waals surface area contributed by atoms with Crippen molar-refractivity contribution in [2.45, 2.75) is 66.7 Å². The molecule has 2 nitrogen and oxygen atoms in total. The maximum atomic E-state index is 8.06. The summed E-state index contributed by atoms with van der Waals surface area (Å²) in [4.78, 5) is 2.46. The lowest BCUT2D eigenvalue weighted by Crippen LogP contribution is -2.36. The molecule has 0 radical (unpaired) electrons. The largest absolute Gasteiger partial charge is 0.394 e. The van der Waals surface area contributed by atoms with Crippen LogP contribution in [0.1, 0.15) is 48.5 Å². The molecule has 0 heterocycles. The van der Waals surface area contributed by atoms with Crippen LogP contribution in [0.2, 0.25) is 0 Å². The van der Waals surface area contributed by atoms with Crippen LogP contribution in [0.3, 0.4) is 0 Å². The minimum absolute atomic E-state index is 0.167. The molecule has 0 saturated heterocycles. The predicted octanol–water partition coefficient (Wildman–Crippen LogP) is 2.51. The number of nitrogens with zero attached hydrogens (tertiary/aromatic N) is 1. The average molecular weight is 189 g/mol. The van der Waals surface area contributed by atoms with Crippen LogP contribution in [0, 0.1) is 0 Å². The van der Waals surface area contributed by atoms with E-state index in [9.17, 15) is 0 Å². The number of rotatable bonds is 3. The summed E-state index contributed by atoms with van der Waals surface area (Å²) in [6.45, 7) is 15.8. The second-order valence-electron chi connectivity index (χ2n) is 4.11. The SMILES string of the molecule is CC(C)O.CCN(C(C)C)C(C)C. The molecule has 1 N–H and O–H groups in total. The van der Waals surface area contributed by atoms with E-state index in [1.165, 1.54) is 0 Å². The zero-order valence-electron chi connectivity index (χ0n) is 10.3. The van der Waals surface area contributed by atoms with Crippen LogP contribution in [0.4, 0.5) is 0 Å².